The molecule has 0 atom stereocenters. The summed E-state index contributed by atoms with van der Waals surface area (Å²) in [6.45, 7) is 3.36. The summed E-state index contributed by atoms with van der Waals surface area (Å²) in [4.78, 5) is 14.6. The number of nitrogens with zero attached hydrogens (tertiary/aromatic N) is 3. The van der Waals surface area contributed by atoms with E-state index in [2.05, 4.69) is 20.4 Å². The van der Waals surface area contributed by atoms with Crippen molar-refractivity contribution in [2.75, 3.05) is 23.3 Å². The molecule has 0 saturated carbocycles. The third-order valence-electron chi connectivity index (χ3n) is 4.42. The molecule has 1 aromatic heterocycles. The van der Waals surface area contributed by atoms with Crippen molar-refractivity contribution in [1.82, 2.24) is 10.2 Å². The molecule has 0 spiro atoms. The van der Waals surface area contributed by atoms with E-state index in [0.29, 0.717) is 5.69 Å². The minimum atomic E-state index is -3.73. The van der Waals surface area contributed by atoms with Gasteiger partial charge in [0.1, 0.15) is 0 Å². The number of hydrogen-bond acceptors (Lipinski definition) is 6. The van der Waals surface area contributed by atoms with E-state index in [1.165, 1.54) is 24.3 Å². The fourth-order valence-electron chi connectivity index (χ4n) is 2.90. The topological polar surface area (TPSA) is 118 Å². The number of sulfonamides is 1. The Morgan fingerprint density at radius 2 is 1.77 bits per heavy atom. The van der Waals surface area contributed by atoms with Crippen LogP contribution in [0.15, 0.2) is 41.3 Å². The normalized spacial score (nSPS) is 15.7. The SMILES string of the molecule is Cc1ccc(N2CCC(C(=O)Nc3ccc(S(N)(=O)=O)cc3)CC2)nn1. The number of rotatable bonds is 4. The summed E-state index contributed by atoms with van der Waals surface area (Å²) < 4.78 is 22.5. The summed E-state index contributed by atoms with van der Waals surface area (Å²) in [5.41, 5.74) is 1.42. The quantitative estimate of drug-likeness (QED) is 0.831. The van der Waals surface area contributed by atoms with Gasteiger partial charge in [-0.15, -0.1) is 5.10 Å². The molecule has 1 saturated heterocycles. The Morgan fingerprint density at radius 3 is 2.31 bits per heavy atom. The van der Waals surface area contributed by atoms with E-state index in [-0.39, 0.29) is 16.7 Å². The van der Waals surface area contributed by atoms with Gasteiger partial charge < -0.3 is 10.2 Å². The number of benzene rings is 1. The number of primary sulfonamides is 1. The number of carbonyl (C=O) groups excluding carboxylic acids is 1. The Labute approximate surface area is 152 Å². The van der Waals surface area contributed by atoms with E-state index >= 15 is 0 Å². The van der Waals surface area contributed by atoms with Crippen LogP contribution in [-0.2, 0) is 14.8 Å². The molecule has 0 aliphatic carbocycles. The molecule has 9 heteroatoms. The zero-order chi connectivity index (χ0) is 18.7. The standard InChI is InChI=1S/C17H21N5O3S/c1-12-2-7-16(21-20-12)22-10-8-13(9-11-22)17(23)19-14-3-5-15(6-4-14)26(18,24)25/h2-7,13H,8-11H2,1H3,(H,19,23)(H2,18,24,25). The van der Waals surface area contributed by atoms with Crippen molar-refractivity contribution in [1.29, 1.82) is 0 Å². The molecule has 0 bridgehead atoms. The van der Waals surface area contributed by atoms with Gasteiger partial charge in [-0.25, -0.2) is 13.6 Å². The monoisotopic (exact) mass is 375 g/mol. The minimum Gasteiger partial charge on any atom is -0.355 e. The van der Waals surface area contributed by atoms with Gasteiger partial charge in [0.15, 0.2) is 5.82 Å². The van der Waals surface area contributed by atoms with E-state index in [1.54, 1.807) is 0 Å². The summed E-state index contributed by atoms with van der Waals surface area (Å²) in [6, 6.07) is 9.69. The van der Waals surface area contributed by atoms with E-state index in [1.807, 2.05) is 19.1 Å². The molecule has 1 aliphatic heterocycles. The van der Waals surface area contributed by atoms with Gasteiger partial charge in [0, 0.05) is 24.7 Å². The van der Waals surface area contributed by atoms with Crippen molar-refractivity contribution in [2.45, 2.75) is 24.7 Å². The molecule has 1 aliphatic rings. The number of amides is 1. The van der Waals surface area contributed by atoms with Gasteiger partial charge >= 0.3 is 0 Å². The molecule has 8 nitrogen and oxygen atoms in total. The van der Waals surface area contributed by atoms with Crippen LogP contribution in [0.1, 0.15) is 18.5 Å². The maximum atomic E-state index is 12.4. The smallest absolute Gasteiger partial charge is 0.238 e. The Kier molecular flexibility index (Phi) is 5.19. The van der Waals surface area contributed by atoms with E-state index < -0.39 is 10.0 Å². The minimum absolute atomic E-state index is 0.0167. The molecule has 1 fully saturated rings. The summed E-state index contributed by atoms with van der Waals surface area (Å²) in [5, 5.41) is 16.1. The van der Waals surface area contributed by atoms with Crippen LogP contribution in [0, 0.1) is 12.8 Å². The fourth-order valence-corrected chi connectivity index (χ4v) is 3.42. The average molecular weight is 375 g/mol. The lowest BCUT2D eigenvalue weighted by atomic mass is 9.96. The first-order valence-corrected chi connectivity index (χ1v) is 9.86. The van der Waals surface area contributed by atoms with E-state index in [9.17, 15) is 13.2 Å². The molecule has 138 valence electrons. The second kappa shape index (κ2) is 7.38. The van der Waals surface area contributed by atoms with Crippen molar-refractivity contribution in [3.63, 3.8) is 0 Å². The number of nitrogens with two attached hydrogens (primary N) is 1. The highest BCUT2D eigenvalue weighted by Gasteiger charge is 2.25. The Hall–Kier alpha value is -2.52. The number of aryl methyl sites for hydroxylation is 1. The molecule has 2 heterocycles. The molecule has 2 aromatic rings. The van der Waals surface area contributed by atoms with Gasteiger partial charge in [0.25, 0.3) is 0 Å². The summed E-state index contributed by atoms with van der Waals surface area (Å²) in [6.07, 6.45) is 1.44. The van der Waals surface area contributed by atoms with Crippen molar-refractivity contribution >= 4 is 27.4 Å². The van der Waals surface area contributed by atoms with Gasteiger partial charge in [-0.05, 0) is 56.2 Å². The molecule has 1 amide bonds. The lowest BCUT2D eigenvalue weighted by Crippen LogP contribution is -2.38. The zero-order valence-electron chi connectivity index (χ0n) is 14.4. The van der Waals surface area contributed by atoms with Crippen LogP contribution in [0.4, 0.5) is 11.5 Å². The first-order valence-electron chi connectivity index (χ1n) is 8.32. The lowest BCUT2D eigenvalue weighted by Gasteiger charge is -2.31. The summed E-state index contributed by atoms with van der Waals surface area (Å²) in [7, 11) is -3.73. The molecule has 0 unspecified atom stereocenters. The fraction of sp³-hybridized carbons (Fsp3) is 0.353. The molecule has 26 heavy (non-hydrogen) atoms. The zero-order valence-corrected chi connectivity index (χ0v) is 15.2. The highest BCUT2D eigenvalue weighted by molar-refractivity contribution is 7.89. The van der Waals surface area contributed by atoms with Crippen molar-refractivity contribution in [3.05, 3.63) is 42.1 Å². The predicted molar refractivity (Wildman–Crippen MR) is 98.2 cm³/mol. The number of anilines is 2. The largest absolute Gasteiger partial charge is 0.355 e. The van der Waals surface area contributed by atoms with Crippen LogP contribution in [-0.4, -0.2) is 37.6 Å². The van der Waals surface area contributed by atoms with Crippen molar-refractivity contribution < 1.29 is 13.2 Å². The van der Waals surface area contributed by atoms with E-state index in [4.69, 9.17) is 5.14 Å². The van der Waals surface area contributed by atoms with Crippen molar-refractivity contribution in [3.8, 4) is 0 Å². The molecule has 1 aromatic carbocycles. The Bertz CT molecular complexity index is 874. The molecular formula is C17H21N5O3S. The third kappa shape index (κ3) is 4.36. The van der Waals surface area contributed by atoms with Gasteiger partial charge in [-0.3, -0.25) is 4.79 Å². The number of piperidine rings is 1. The number of carbonyl (C=O) groups is 1. The number of nitrogens with one attached hydrogen (secondary N) is 1. The maximum Gasteiger partial charge on any atom is 0.238 e. The van der Waals surface area contributed by atoms with E-state index in [0.717, 1.165) is 37.4 Å². The molecule has 3 rings (SSSR count). The number of aromatic nitrogens is 2. The molecule has 3 N–H and O–H groups in total. The molecule has 0 radical (unpaired) electrons. The summed E-state index contributed by atoms with van der Waals surface area (Å²) >= 11 is 0. The third-order valence-corrected chi connectivity index (χ3v) is 5.35. The van der Waals surface area contributed by atoms with Gasteiger partial charge in [0.05, 0.1) is 10.6 Å². The van der Waals surface area contributed by atoms with Crippen LogP contribution in [0.3, 0.4) is 0 Å². The first kappa shape index (κ1) is 18.3. The van der Waals surface area contributed by atoms with Crippen LogP contribution in [0.2, 0.25) is 0 Å². The second-order valence-electron chi connectivity index (χ2n) is 6.35. The second-order valence-corrected chi connectivity index (χ2v) is 7.91. The maximum absolute atomic E-state index is 12.4. The van der Waals surface area contributed by atoms with Crippen LogP contribution < -0.4 is 15.4 Å². The highest BCUT2D eigenvalue weighted by Crippen LogP contribution is 2.23. The average Bonchev–Trinajstić information content (AvgIpc) is 2.62. The van der Waals surface area contributed by atoms with Crippen LogP contribution >= 0.6 is 0 Å². The summed E-state index contributed by atoms with van der Waals surface area (Å²) in [5.74, 6) is 0.665. The Morgan fingerprint density at radius 1 is 1.12 bits per heavy atom. The van der Waals surface area contributed by atoms with Gasteiger partial charge in [0.2, 0.25) is 15.9 Å². The predicted octanol–water partition coefficient (Wildman–Crippen LogP) is 1.29. The number of hydrogen-bond donors (Lipinski definition) is 2. The van der Waals surface area contributed by atoms with Crippen LogP contribution in [0.25, 0.3) is 0 Å². The van der Waals surface area contributed by atoms with Gasteiger partial charge in [-0.2, -0.15) is 5.10 Å². The van der Waals surface area contributed by atoms with Crippen molar-refractivity contribution in [2.24, 2.45) is 11.1 Å². The van der Waals surface area contributed by atoms with Crippen LogP contribution in [0.5, 0.6) is 0 Å². The van der Waals surface area contributed by atoms with Gasteiger partial charge in [-0.1, -0.05) is 0 Å². The first-order chi connectivity index (χ1) is 12.3. The lowest BCUT2D eigenvalue weighted by molar-refractivity contribution is -0.120. The highest BCUT2D eigenvalue weighted by atomic mass is 32.2. The Balaban J connectivity index is 1.56. The molecular weight excluding hydrogens is 354 g/mol.